The molecule has 0 aromatic rings. The van der Waals surface area contributed by atoms with E-state index in [9.17, 15) is 15.3 Å². The topological polar surface area (TPSA) is 76.3 Å². The van der Waals surface area contributed by atoms with Crippen molar-refractivity contribution in [2.75, 3.05) is 19.7 Å². The van der Waals surface area contributed by atoms with E-state index in [-0.39, 0.29) is 23.8 Å². The summed E-state index contributed by atoms with van der Waals surface area (Å²) in [4.78, 5) is 6.88. The summed E-state index contributed by atoms with van der Waals surface area (Å²) in [5.41, 5.74) is 0. The van der Waals surface area contributed by atoms with Gasteiger partial charge in [-0.2, -0.15) is 0 Å². The molecule has 0 amide bonds. The van der Waals surface area contributed by atoms with E-state index < -0.39 is 12.2 Å². The molecule has 3 N–H and O–H groups in total. The number of likely N-dealkylation sites (tertiary alicyclic amines) is 1. The summed E-state index contributed by atoms with van der Waals surface area (Å²) < 4.78 is 0. The molecule has 0 radical (unpaired) electrons. The molecule has 2 aliphatic heterocycles. The van der Waals surface area contributed by atoms with Crippen LogP contribution in [-0.2, 0) is 0 Å². The first-order chi connectivity index (χ1) is 8.70. The van der Waals surface area contributed by atoms with Crippen molar-refractivity contribution in [2.24, 2.45) is 10.9 Å². The van der Waals surface area contributed by atoms with Gasteiger partial charge >= 0.3 is 0 Å². The number of aliphatic imine (C=N–C) groups is 1. The number of aliphatic hydroxyl groups is 3. The lowest BCUT2D eigenvalue weighted by molar-refractivity contribution is -0.0646. The first-order valence-electron chi connectivity index (χ1n) is 6.67. The highest BCUT2D eigenvalue weighted by atomic mass is 32.2. The lowest BCUT2D eigenvalue weighted by atomic mass is 9.81. The quantitative estimate of drug-likeness (QED) is 0.609. The summed E-state index contributed by atoms with van der Waals surface area (Å²) in [6, 6.07) is -0.205. The number of thioether (sulfide) groups is 1. The number of hydrogen-bond donors (Lipinski definition) is 3. The van der Waals surface area contributed by atoms with Crippen LogP contribution in [0.25, 0.3) is 0 Å². The molecular formula is C12H20N2O3S. The van der Waals surface area contributed by atoms with Gasteiger partial charge in [-0.25, -0.2) is 0 Å². The monoisotopic (exact) mass is 272 g/mol. The molecule has 2 fully saturated rings. The Morgan fingerprint density at radius 3 is 2.61 bits per heavy atom. The van der Waals surface area contributed by atoms with Crippen molar-refractivity contribution in [1.82, 2.24) is 4.90 Å². The standard InChI is InChI=1S/C12H20N2O3S/c15-6-7-5-8-9(11(17)10(7)16)13-12(18-8)14-3-1-2-4-14/h7-11,15-17H,1-6H2/t7-,8-,9-,10-,11-/m1/s1. The van der Waals surface area contributed by atoms with Crippen molar-refractivity contribution in [3.63, 3.8) is 0 Å². The third-order valence-corrected chi connectivity index (χ3v) is 5.57. The van der Waals surface area contributed by atoms with Crippen LogP contribution in [0.1, 0.15) is 19.3 Å². The van der Waals surface area contributed by atoms with Crippen molar-refractivity contribution in [1.29, 1.82) is 0 Å². The molecule has 5 atom stereocenters. The van der Waals surface area contributed by atoms with Crippen LogP contribution in [0.15, 0.2) is 4.99 Å². The van der Waals surface area contributed by atoms with Crippen LogP contribution in [-0.4, -0.2) is 68.6 Å². The average molecular weight is 272 g/mol. The molecule has 3 rings (SSSR count). The van der Waals surface area contributed by atoms with E-state index in [1.165, 1.54) is 12.8 Å². The van der Waals surface area contributed by atoms with E-state index in [1.54, 1.807) is 11.8 Å². The van der Waals surface area contributed by atoms with Crippen LogP contribution < -0.4 is 0 Å². The van der Waals surface area contributed by atoms with E-state index in [2.05, 4.69) is 9.89 Å². The van der Waals surface area contributed by atoms with Crippen LogP contribution >= 0.6 is 11.8 Å². The minimum Gasteiger partial charge on any atom is -0.396 e. The minimum absolute atomic E-state index is 0.0684. The van der Waals surface area contributed by atoms with Crippen molar-refractivity contribution in [2.45, 2.75) is 42.8 Å². The molecule has 6 heteroatoms. The Kier molecular flexibility index (Phi) is 3.53. The molecule has 0 spiro atoms. The number of nitrogens with zero attached hydrogens (tertiary/aromatic N) is 2. The molecule has 0 bridgehead atoms. The molecular weight excluding hydrogens is 252 g/mol. The normalized spacial score (nSPS) is 44.1. The second-order valence-corrected chi connectivity index (χ2v) is 6.62. The first kappa shape index (κ1) is 12.7. The first-order valence-corrected chi connectivity index (χ1v) is 7.55. The van der Waals surface area contributed by atoms with Crippen LogP contribution in [0.2, 0.25) is 0 Å². The van der Waals surface area contributed by atoms with Gasteiger partial charge in [-0.1, -0.05) is 11.8 Å². The average Bonchev–Trinajstić information content (AvgIpc) is 3.01. The Morgan fingerprint density at radius 2 is 1.94 bits per heavy atom. The molecule has 0 aromatic carbocycles. The summed E-state index contributed by atoms with van der Waals surface area (Å²) in [5, 5.41) is 30.5. The summed E-state index contributed by atoms with van der Waals surface area (Å²) >= 11 is 1.71. The molecule has 0 unspecified atom stereocenters. The number of amidine groups is 1. The number of hydrogen-bond acceptors (Lipinski definition) is 6. The molecule has 1 saturated heterocycles. The minimum atomic E-state index is -0.849. The molecule has 3 aliphatic rings. The van der Waals surface area contributed by atoms with E-state index in [0.29, 0.717) is 0 Å². The maximum absolute atomic E-state index is 10.1. The Labute approximate surface area is 111 Å². The lowest BCUT2D eigenvalue weighted by Crippen LogP contribution is -2.51. The van der Waals surface area contributed by atoms with Crippen molar-refractivity contribution in [3.8, 4) is 0 Å². The van der Waals surface area contributed by atoms with Gasteiger partial charge in [0.05, 0.1) is 12.1 Å². The molecule has 5 nitrogen and oxygen atoms in total. The number of fused-ring (bicyclic) bond motifs is 1. The van der Waals surface area contributed by atoms with Gasteiger partial charge in [0.1, 0.15) is 6.10 Å². The van der Waals surface area contributed by atoms with Crippen LogP contribution in [0.5, 0.6) is 0 Å². The zero-order chi connectivity index (χ0) is 12.7. The summed E-state index contributed by atoms with van der Waals surface area (Å²) in [7, 11) is 0. The molecule has 2 heterocycles. The predicted octanol–water partition coefficient (Wildman–Crippen LogP) is -0.344. The van der Waals surface area contributed by atoms with Crippen molar-refractivity contribution >= 4 is 16.9 Å². The van der Waals surface area contributed by atoms with Gasteiger partial charge in [0.2, 0.25) is 0 Å². The predicted molar refractivity (Wildman–Crippen MR) is 70.6 cm³/mol. The summed E-state index contributed by atoms with van der Waals surface area (Å²) in [6.07, 6.45) is 1.45. The van der Waals surface area contributed by atoms with Gasteiger partial charge in [-0.05, 0) is 19.3 Å². The molecule has 1 aliphatic carbocycles. The van der Waals surface area contributed by atoms with Gasteiger partial charge in [-0.15, -0.1) is 0 Å². The molecule has 102 valence electrons. The van der Waals surface area contributed by atoms with E-state index >= 15 is 0 Å². The smallest absolute Gasteiger partial charge is 0.159 e. The van der Waals surface area contributed by atoms with Crippen molar-refractivity contribution in [3.05, 3.63) is 0 Å². The fraction of sp³-hybridized carbons (Fsp3) is 0.917. The third kappa shape index (κ3) is 2.05. The molecule has 0 aromatic heterocycles. The largest absolute Gasteiger partial charge is 0.396 e. The van der Waals surface area contributed by atoms with Crippen LogP contribution in [0.4, 0.5) is 0 Å². The van der Waals surface area contributed by atoms with Gasteiger partial charge < -0.3 is 20.2 Å². The zero-order valence-electron chi connectivity index (χ0n) is 10.3. The second-order valence-electron chi connectivity index (χ2n) is 5.41. The van der Waals surface area contributed by atoms with Gasteiger partial charge in [0.25, 0.3) is 0 Å². The zero-order valence-corrected chi connectivity index (χ0v) is 11.1. The van der Waals surface area contributed by atoms with Crippen LogP contribution in [0.3, 0.4) is 0 Å². The Bertz CT molecular complexity index is 346. The summed E-state index contributed by atoms with van der Waals surface area (Å²) in [6.45, 7) is 2.03. The molecule has 1 saturated carbocycles. The highest BCUT2D eigenvalue weighted by Gasteiger charge is 2.47. The van der Waals surface area contributed by atoms with E-state index in [4.69, 9.17) is 0 Å². The maximum atomic E-state index is 10.1. The number of aliphatic hydroxyl groups excluding tert-OH is 3. The Morgan fingerprint density at radius 1 is 1.22 bits per heavy atom. The highest BCUT2D eigenvalue weighted by Crippen LogP contribution is 2.41. The fourth-order valence-electron chi connectivity index (χ4n) is 3.10. The SMILES string of the molecule is OC[C@H]1C[C@H]2SC(N3CCCC3)=N[C@H]2[C@@H](O)[C@@H]1O. The van der Waals surface area contributed by atoms with E-state index in [1.807, 2.05) is 0 Å². The van der Waals surface area contributed by atoms with E-state index in [0.717, 1.165) is 24.7 Å². The fourth-order valence-corrected chi connectivity index (χ4v) is 4.59. The second kappa shape index (κ2) is 5.00. The van der Waals surface area contributed by atoms with Gasteiger partial charge in [0.15, 0.2) is 5.17 Å². The Balaban J connectivity index is 1.74. The molecule has 18 heavy (non-hydrogen) atoms. The maximum Gasteiger partial charge on any atom is 0.159 e. The number of rotatable bonds is 1. The van der Waals surface area contributed by atoms with Gasteiger partial charge in [-0.3, -0.25) is 4.99 Å². The highest BCUT2D eigenvalue weighted by molar-refractivity contribution is 8.14. The lowest BCUT2D eigenvalue weighted by Gasteiger charge is -2.37. The third-order valence-electron chi connectivity index (χ3n) is 4.23. The Hall–Kier alpha value is -0.300. The summed E-state index contributed by atoms with van der Waals surface area (Å²) in [5.74, 6) is -0.220. The van der Waals surface area contributed by atoms with Crippen LogP contribution in [0, 0.1) is 5.92 Å². The van der Waals surface area contributed by atoms with Gasteiger partial charge in [0, 0.05) is 30.9 Å². The van der Waals surface area contributed by atoms with Crippen molar-refractivity contribution < 1.29 is 15.3 Å².